The molecular weight excluding hydrogens is 479 g/mol. The van der Waals surface area contributed by atoms with Crippen LogP contribution in [0.2, 0.25) is 0 Å². The van der Waals surface area contributed by atoms with Gasteiger partial charge >= 0.3 is 0 Å². The Morgan fingerprint density at radius 1 is 1.28 bits per heavy atom. The number of hydrogen-bond acceptors (Lipinski definition) is 4. The van der Waals surface area contributed by atoms with Gasteiger partial charge < -0.3 is 24.6 Å². The first-order valence-electron chi connectivity index (χ1n) is 10.7. The first kappa shape index (κ1) is 24.1. The Morgan fingerprint density at radius 3 is 2.83 bits per heavy atom. The Bertz CT molecular complexity index is 639. The van der Waals surface area contributed by atoms with E-state index in [-0.39, 0.29) is 24.0 Å². The minimum absolute atomic E-state index is 0. The zero-order valence-electron chi connectivity index (χ0n) is 18.1. The van der Waals surface area contributed by atoms with Crippen molar-refractivity contribution in [3.05, 3.63) is 24.3 Å². The largest absolute Gasteiger partial charge is 0.497 e. The van der Waals surface area contributed by atoms with Gasteiger partial charge in [-0.3, -0.25) is 4.99 Å². The average Bonchev–Trinajstić information content (AvgIpc) is 3.43. The normalized spacial score (nSPS) is 19.1. The fraction of sp³-hybridized carbons (Fsp3) is 0.682. The van der Waals surface area contributed by atoms with Gasteiger partial charge in [0.05, 0.1) is 13.7 Å². The molecule has 1 aliphatic carbocycles. The van der Waals surface area contributed by atoms with Crippen molar-refractivity contribution in [2.75, 3.05) is 65.0 Å². The van der Waals surface area contributed by atoms with E-state index >= 15 is 0 Å². The predicted octanol–water partition coefficient (Wildman–Crippen LogP) is 3.46. The molecule has 1 N–H and O–H groups in total. The van der Waals surface area contributed by atoms with Crippen molar-refractivity contribution >= 4 is 35.6 Å². The summed E-state index contributed by atoms with van der Waals surface area (Å²) in [7, 11) is 3.82. The molecule has 0 spiro atoms. The lowest BCUT2D eigenvalue weighted by Crippen LogP contribution is -2.41. The summed E-state index contributed by atoms with van der Waals surface area (Å²) in [5.74, 6) is 3.30. The third-order valence-electron chi connectivity index (χ3n) is 5.52. The fourth-order valence-corrected chi connectivity index (χ4v) is 3.55. The monoisotopic (exact) mass is 516 g/mol. The molecule has 29 heavy (non-hydrogen) atoms. The van der Waals surface area contributed by atoms with Gasteiger partial charge in [0.1, 0.15) is 5.75 Å². The van der Waals surface area contributed by atoms with E-state index in [1.54, 1.807) is 7.11 Å². The van der Waals surface area contributed by atoms with E-state index in [1.165, 1.54) is 24.9 Å². The Hall–Kier alpha value is -1.22. The first-order chi connectivity index (χ1) is 13.7. The van der Waals surface area contributed by atoms with Gasteiger partial charge in [-0.05, 0) is 50.2 Å². The summed E-state index contributed by atoms with van der Waals surface area (Å²) in [5.41, 5.74) is 1.24. The van der Waals surface area contributed by atoms with Crippen molar-refractivity contribution in [1.82, 2.24) is 10.2 Å². The molecule has 6 nitrogen and oxygen atoms in total. The number of anilines is 1. The topological polar surface area (TPSA) is 49.3 Å². The van der Waals surface area contributed by atoms with Gasteiger partial charge in [-0.2, -0.15) is 0 Å². The second kappa shape index (κ2) is 12.5. The third-order valence-corrected chi connectivity index (χ3v) is 5.52. The van der Waals surface area contributed by atoms with E-state index in [0.29, 0.717) is 5.92 Å². The summed E-state index contributed by atoms with van der Waals surface area (Å²) in [6.45, 7) is 8.54. The fourth-order valence-electron chi connectivity index (χ4n) is 3.55. The molecule has 0 aromatic heterocycles. The van der Waals surface area contributed by atoms with E-state index in [0.717, 1.165) is 63.6 Å². The van der Waals surface area contributed by atoms with Crippen molar-refractivity contribution < 1.29 is 9.47 Å². The summed E-state index contributed by atoms with van der Waals surface area (Å²) in [6.07, 6.45) is 3.86. The Labute approximate surface area is 193 Å². The number of nitrogens with zero attached hydrogens (tertiary/aromatic N) is 3. The molecule has 2 aliphatic rings. The van der Waals surface area contributed by atoms with Crippen LogP contribution in [0.3, 0.4) is 0 Å². The first-order valence-corrected chi connectivity index (χ1v) is 10.7. The number of methoxy groups -OCH3 is 1. The number of aliphatic imine (C=N–C) groups is 1. The maximum Gasteiger partial charge on any atom is 0.193 e. The standard InChI is InChI=1S/C22H36N4O2.HI/c1-4-23-22(25(2)12-13-28-17-18-8-9-18)24-15-19-10-11-26(16-19)20-6-5-7-21(14-20)27-3;/h5-7,14,18-19H,4,8-13,15-17H2,1-3H3,(H,23,24);1H. The molecule has 1 saturated carbocycles. The van der Waals surface area contributed by atoms with Crippen molar-refractivity contribution in [3.63, 3.8) is 0 Å². The molecule has 0 amide bonds. The number of halogens is 1. The van der Waals surface area contributed by atoms with Crippen LogP contribution >= 0.6 is 24.0 Å². The van der Waals surface area contributed by atoms with Gasteiger partial charge in [-0.1, -0.05) is 6.07 Å². The molecule has 1 unspecified atom stereocenters. The minimum Gasteiger partial charge on any atom is -0.497 e. The lowest BCUT2D eigenvalue weighted by Gasteiger charge is -2.23. The van der Waals surface area contributed by atoms with Gasteiger partial charge in [0.25, 0.3) is 0 Å². The van der Waals surface area contributed by atoms with E-state index < -0.39 is 0 Å². The van der Waals surface area contributed by atoms with E-state index in [4.69, 9.17) is 14.5 Å². The zero-order valence-corrected chi connectivity index (χ0v) is 20.4. The lowest BCUT2D eigenvalue weighted by atomic mass is 10.1. The summed E-state index contributed by atoms with van der Waals surface area (Å²) >= 11 is 0. The van der Waals surface area contributed by atoms with Gasteiger partial charge in [-0.25, -0.2) is 0 Å². The molecule has 1 aromatic carbocycles. The molecule has 1 atom stereocenters. The maximum atomic E-state index is 5.78. The molecule has 3 rings (SSSR count). The smallest absolute Gasteiger partial charge is 0.193 e. The van der Waals surface area contributed by atoms with Crippen LogP contribution in [0.25, 0.3) is 0 Å². The third kappa shape index (κ3) is 7.85. The molecule has 1 heterocycles. The number of benzene rings is 1. The van der Waals surface area contributed by atoms with Crippen molar-refractivity contribution in [2.45, 2.75) is 26.2 Å². The highest BCUT2D eigenvalue weighted by Gasteiger charge is 2.23. The Morgan fingerprint density at radius 2 is 2.10 bits per heavy atom. The predicted molar refractivity (Wildman–Crippen MR) is 131 cm³/mol. The van der Waals surface area contributed by atoms with Crippen molar-refractivity contribution in [2.24, 2.45) is 16.8 Å². The van der Waals surface area contributed by atoms with Gasteiger partial charge in [-0.15, -0.1) is 24.0 Å². The SMILES string of the molecule is CCNC(=NCC1CCN(c2cccc(OC)c2)C1)N(C)CCOCC1CC1.I. The maximum absolute atomic E-state index is 5.78. The van der Waals surface area contributed by atoms with Crippen LogP contribution in [0, 0.1) is 11.8 Å². The number of likely N-dealkylation sites (N-methyl/N-ethyl adjacent to an activating group) is 1. The van der Waals surface area contributed by atoms with E-state index in [2.05, 4.69) is 47.3 Å². The molecule has 0 radical (unpaired) electrons. The highest BCUT2D eigenvalue weighted by molar-refractivity contribution is 14.0. The van der Waals surface area contributed by atoms with E-state index in [1.807, 2.05) is 6.07 Å². The summed E-state index contributed by atoms with van der Waals surface area (Å²) in [5, 5.41) is 3.42. The second-order valence-corrected chi connectivity index (χ2v) is 7.94. The van der Waals surface area contributed by atoms with Crippen LogP contribution in [0.15, 0.2) is 29.3 Å². The summed E-state index contributed by atoms with van der Waals surface area (Å²) < 4.78 is 11.1. The molecule has 1 aliphatic heterocycles. The van der Waals surface area contributed by atoms with Crippen LogP contribution in [0.1, 0.15) is 26.2 Å². The number of guanidine groups is 1. The molecule has 2 fully saturated rings. The average molecular weight is 516 g/mol. The molecule has 0 bridgehead atoms. The number of nitrogens with one attached hydrogen (secondary N) is 1. The van der Waals surface area contributed by atoms with Crippen LogP contribution in [-0.2, 0) is 4.74 Å². The van der Waals surface area contributed by atoms with Crippen molar-refractivity contribution in [1.29, 1.82) is 0 Å². The van der Waals surface area contributed by atoms with Gasteiger partial charge in [0.2, 0.25) is 0 Å². The zero-order chi connectivity index (χ0) is 19.8. The highest BCUT2D eigenvalue weighted by Crippen LogP contribution is 2.29. The highest BCUT2D eigenvalue weighted by atomic mass is 127. The van der Waals surface area contributed by atoms with Crippen molar-refractivity contribution in [3.8, 4) is 5.75 Å². The Kier molecular flexibility index (Phi) is 10.3. The molecule has 164 valence electrons. The van der Waals surface area contributed by atoms with Gasteiger partial charge in [0.15, 0.2) is 5.96 Å². The van der Waals surface area contributed by atoms with Crippen LogP contribution in [0.4, 0.5) is 5.69 Å². The molecule has 1 saturated heterocycles. The number of ether oxygens (including phenoxy) is 2. The van der Waals surface area contributed by atoms with Gasteiger partial charge in [0, 0.05) is 58.1 Å². The lowest BCUT2D eigenvalue weighted by molar-refractivity contribution is 0.115. The number of hydrogen-bond donors (Lipinski definition) is 1. The number of rotatable bonds is 10. The Balaban J connectivity index is 0.00000300. The minimum atomic E-state index is 0. The summed E-state index contributed by atoms with van der Waals surface area (Å²) in [6, 6.07) is 8.33. The molecular formula is C22H37IN4O2. The molecule has 1 aromatic rings. The van der Waals surface area contributed by atoms with Crippen LogP contribution < -0.4 is 15.0 Å². The quantitative estimate of drug-likeness (QED) is 0.224. The molecule has 7 heteroatoms. The second-order valence-electron chi connectivity index (χ2n) is 7.94. The van der Waals surface area contributed by atoms with E-state index in [9.17, 15) is 0 Å². The summed E-state index contributed by atoms with van der Waals surface area (Å²) in [4.78, 5) is 9.53. The van der Waals surface area contributed by atoms with Crippen LogP contribution in [-0.4, -0.2) is 71.0 Å². The van der Waals surface area contributed by atoms with Crippen LogP contribution in [0.5, 0.6) is 5.75 Å².